The zero-order chi connectivity index (χ0) is 18.8. The van der Waals surface area contributed by atoms with Crippen LogP contribution in [0, 0.1) is 17.7 Å². The fourth-order valence-electron chi connectivity index (χ4n) is 4.39. The molecule has 5 nitrogen and oxygen atoms in total. The molecule has 0 bridgehead atoms. The summed E-state index contributed by atoms with van der Waals surface area (Å²) in [4.78, 5) is 31.1. The number of carbonyl (C=O) groups is 2. The first-order valence-electron chi connectivity index (χ1n) is 10.2. The summed E-state index contributed by atoms with van der Waals surface area (Å²) in [5.74, 6) is 0.560. The Hall–Kier alpha value is -2.11. The summed E-state index contributed by atoms with van der Waals surface area (Å²) in [5.41, 5.74) is 0.618. The van der Waals surface area contributed by atoms with Crippen molar-refractivity contribution in [3.8, 4) is 0 Å². The minimum absolute atomic E-state index is 0.0236. The van der Waals surface area contributed by atoms with Gasteiger partial charge in [0.15, 0.2) is 0 Å². The molecule has 0 unspecified atom stereocenters. The van der Waals surface area contributed by atoms with Gasteiger partial charge in [-0.1, -0.05) is 18.6 Å². The zero-order valence-electron chi connectivity index (χ0n) is 15.8. The first kappa shape index (κ1) is 18.3. The summed E-state index contributed by atoms with van der Waals surface area (Å²) in [6.45, 7) is 4.00. The Kier molecular flexibility index (Phi) is 5.32. The van der Waals surface area contributed by atoms with Crippen LogP contribution < -0.4 is 4.90 Å². The van der Waals surface area contributed by atoms with Gasteiger partial charge in [-0.15, -0.1) is 0 Å². The predicted octanol–water partition coefficient (Wildman–Crippen LogP) is 2.51. The minimum atomic E-state index is -0.208. The van der Waals surface area contributed by atoms with Crippen LogP contribution in [-0.2, 0) is 9.59 Å². The molecule has 2 heterocycles. The highest BCUT2D eigenvalue weighted by Crippen LogP contribution is 2.30. The van der Waals surface area contributed by atoms with Gasteiger partial charge in [0.2, 0.25) is 11.8 Å². The van der Waals surface area contributed by atoms with E-state index in [9.17, 15) is 14.0 Å². The highest BCUT2D eigenvalue weighted by Gasteiger charge is 2.35. The summed E-state index contributed by atoms with van der Waals surface area (Å²) >= 11 is 0. The van der Waals surface area contributed by atoms with Crippen molar-refractivity contribution in [2.24, 2.45) is 11.8 Å². The van der Waals surface area contributed by atoms with Crippen LogP contribution in [0.4, 0.5) is 10.1 Å². The number of benzene rings is 1. The molecule has 0 spiro atoms. The molecule has 146 valence electrons. The average molecular weight is 373 g/mol. The van der Waals surface area contributed by atoms with E-state index in [0.717, 1.165) is 25.7 Å². The van der Waals surface area contributed by atoms with Crippen LogP contribution in [0.15, 0.2) is 24.3 Å². The molecular weight excluding hydrogens is 345 g/mol. The van der Waals surface area contributed by atoms with Crippen molar-refractivity contribution in [2.75, 3.05) is 44.2 Å². The number of rotatable bonds is 3. The molecular formula is C21H28FN3O2. The molecule has 0 atom stereocenters. The van der Waals surface area contributed by atoms with Crippen molar-refractivity contribution in [1.29, 1.82) is 0 Å². The summed E-state index contributed by atoms with van der Waals surface area (Å²) in [7, 11) is 0. The lowest BCUT2D eigenvalue weighted by Crippen LogP contribution is -2.52. The van der Waals surface area contributed by atoms with Crippen molar-refractivity contribution in [2.45, 2.75) is 32.1 Å². The molecule has 1 aromatic carbocycles. The van der Waals surface area contributed by atoms with Gasteiger partial charge < -0.3 is 14.7 Å². The molecule has 4 rings (SSSR count). The number of nitrogens with zero attached hydrogens (tertiary/aromatic N) is 3. The quantitative estimate of drug-likeness (QED) is 0.818. The topological polar surface area (TPSA) is 43.9 Å². The van der Waals surface area contributed by atoms with Crippen LogP contribution in [0.1, 0.15) is 32.1 Å². The average Bonchev–Trinajstić information content (AvgIpc) is 2.67. The van der Waals surface area contributed by atoms with Gasteiger partial charge in [-0.3, -0.25) is 9.59 Å². The second kappa shape index (κ2) is 7.87. The zero-order valence-corrected chi connectivity index (χ0v) is 15.8. The Morgan fingerprint density at radius 2 is 1.33 bits per heavy atom. The summed E-state index contributed by atoms with van der Waals surface area (Å²) in [5, 5.41) is 0. The third-order valence-electron chi connectivity index (χ3n) is 6.39. The van der Waals surface area contributed by atoms with Gasteiger partial charge in [0.1, 0.15) is 5.82 Å². The van der Waals surface area contributed by atoms with E-state index in [1.165, 1.54) is 12.5 Å². The SMILES string of the molecule is O=C(C1CCC1)N1CCC(C(=O)N2CCN(c3ccccc3F)CC2)CC1. The highest BCUT2D eigenvalue weighted by atomic mass is 19.1. The van der Waals surface area contributed by atoms with Gasteiger partial charge in [0.25, 0.3) is 0 Å². The highest BCUT2D eigenvalue weighted by molar-refractivity contribution is 5.81. The molecule has 0 radical (unpaired) electrons. The van der Waals surface area contributed by atoms with Crippen molar-refractivity contribution in [3.05, 3.63) is 30.1 Å². The molecule has 1 aromatic rings. The number of hydrogen-bond donors (Lipinski definition) is 0. The lowest BCUT2D eigenvalue weighted by atomic mass is 9.83. The smallest absolute Gasteiger partial charge is 0.225 e. The maximum Gasteiger partial charge on any atom is 0.225 e. The Morgan fingerprint density at radius 3 is 1.89 bits per heavy atom. The van der Waals surface area contributed by atoms with Crippen molar-refractivity contribution in [1.82, 2.24) is 9.80 Å². The molecule has 1 aliphatic carbocycles. The predicted molar refractivity (Wildman–Crippen MR) is 102 cm³/mol. The third kappa shape index (κ3) is 3.80. The van der Waals surface area contributed by atoms with E-state index >= 15 is 0 Å². The second-order valence-electron chi connectivity index (χ2n) is 7.99. The third-order valence-corrected chi connectivity index (χ3v) is 6.39. The Bertz CT molecular complexity index is 690. The van der Waals surface area contributed by atoms with Crippen molar-refractivity contribution in [3.63, 3.8) is 0 Å². The first-order valence-corrected chi connectivity index (χ1v) is 10.2. The Balaban J connectivity index is 1.26. The van der Waals surface area contributed by atoms with Gasteiger partial charge in [-0.25, -0.2) is 4.39 Å². The molecule has 3 fully saturated rings. The fraction of sp³-hybridized carbons (Fsp3) is 0.619. The van der Waals surface area contributed by atoms with Crippen molar-refractivity contribution < 1.29 is 14.0 Å². The molecule has 6 heteroatoms. The number of amides is 2. The van der Waals surface area contributed by atoms with E-state index < -0.39 is 0 Å². The van der Waals surface area contributed by atoms with E-state index in [2.05, 4.69) is 0 Å². The lowest BCUT2D eigenvalue weighted by Gasteiger charge is -2.40. The molecule has 2 saturated heterocycles. The van der Waals surface area contributed by atoms with E-state index in [-0.39, 0.29) is 23.6 Å². The standard InChI is InChI=1S/C21H28FN3O2/c22-18-6-1-2-7-19(18)23-12-14-25(15-13-23)21(27)17-8-10-24(11-9-17)20(26)16-4-3-5-16/h1-2,6-7,16-17H,3-5,8-15H2. The molecule has 0 aromatic heterocycles. The van der Waals surface area contributed by atoms with Crippen LogP contribution in [0.2, 0.25) is 0 Å². The lowest BCUT2D eigenvalue weighted by molar-refractivity contribution is -0.144. The van der Waals surface area contributed by atoms with Crippen LogP contribution >= 0.6 is 0 Å². The van der Waals surface area contributed by atoms with Crippen LogP contribution in [0.3, 0.4) is 0 Å². The molecule has 3 aliphatic rings. The Morgan fingerprint density at radius 1 is 0.778 bits per heavy atom. The molecule has 27 heavy (non-hydrogen) atoms. The maximum absolute atomic E-state index is 14.0. The Labute approximate surface area is 160 Å². The number of halogens is 1. The van der Waals surface area contributed by atoms with E-state index in [1.807, 2.05) is 20.8 Å². The number of hydrogen-bond acceptors (Lipinski definition) is 3. The van der Waals surface area contributed by atoms with Crippen LogP contribution in [0.5, 0.6) is 0 Å². The number of para-hydroxylation sites is 1. The van der Waals surface area contributed by atoms with Gasteiger partial charge >= 0.3 is 0 Å². The molecule has 0 N–H and O–H groups in total. The van der Waals surface area contributed by atoms with Gasteiger partial charge in [0, 0.05) is 51.1 Å². The maximum atomic E-state index is 14.0. The van der Waals surface area contributed by atoms with Gasteiger partial charge in [-0.2, -0.15) is 0 Å². The summed E-state index contributed by atoms with van der Waals surface area (Å²) < 4.78 is 14.0. The summed E-state index contributed by atoms with van der Waals surface area (Å²) in [6.07, 6.45) is 4.77. The van der Waals surface area contributed by atoms with Gasteiger partial charge in [-0.05, 0) is 37.8 Å². The molecule has 2 aliphatic heterocycles. The molecule has 2 amide bonds. The van der Waals surface area contributed by atoms with Gasteiger partial charge in [0.05, 0.1) is 5.69 Å². The number of carbonyl (C=O) groups excluding carboxylic acids is 2. The van der Waals surface area contributed by atoms with E-state index in [0.29, 0.717) is 50.9 Å². The largest absolute Gasteiger partial charge is 0.366 e. The summed E-state index contributed by atoms with van der Waals surface area (Å²) in [6, 6.07) is 6.81. The molecule has 1 saturated carbocycles. The number of piperidine rings is 1. The van der Waals surface area contributed by atoms with E-state index in [4.69, 9.17) is 0 Å². The van der Waals surface area contributed by atoms with Crippen LogP contribution in [0.25, 0.3) is 0 Å². The first-order chi connectivity index (χ1) is 13.1. The fourth-order valence-corrected chi connectivity index (χ4v) is 4.39. The number of anilines is 1. The van der Waals surface area contributed by atoms with Crippen LogP contribution in [-0.4, -0.2) is 60.9 Å². The normalized spacial score (nSPS) is 21.9. The number of likely N-dealkylation sites (tertiary alicyclic amines) is 1. The number of piperazine rings is 1. The second-order valence-corrected chi connectivity index (χ2v) is 7.99. The minimum Gasteiger partial charge on any atom is -0.366 e. The monoisotopic (exact) mass is 373 g/mol. The van der Waals surface area contributed by atoms with Crippen molar-refractivity contribution >= 4 is 17.5 Å². The van der Waals surface area contributed by atoms with E-state index in [1.54, 1.807) is 12.1 Å².